The van der Waals surface area contributed by atoms with Crippen LogP contribution >= 0.6 is 0 Å². The number of carbonyl (C=O) groups excluding carboxylic acids is 3. The van der Waals surface area contributed by atoms with Gasteiger partial charge in [-0.2, -0.15) is 0 Å². The zero-order valence-corrected chi connectivity index (χ0v) is 15.0. The lowest BCUT2D eigenvalue weighted by Gasteiger charge is -2.22. The van der Waals surface area contributed by atoms with Crippen molar-refractivity contribution in [3.8, 4) is 0 Å². The molecule has 1 unspecified atom stereocenters. The Bertz CT molecular complexity index is 938. The number of nitrogens with one attached hydrogen (secondary N) is 1. The fraction of sp³-hybridized carbons (Fsp3) is 0.286. The Balaban J connectivity index is 1.42. The van der Waals surface area contributed by atoms with Gasteiger partial charge in [0.2, 0.25) is 5.91 Å². The average Bonchev–Trinajstić information content (AvgIpc) is 3.01. The Kier molecular flexibility index (Phi) is 4.39. The Morgan fingerprint density at radius 3 is 2.81 bits per heavy atom. The van der Waals surface area contributed by atoms with Crippen LogP contribution in [0.2, 0.25) is 0 Å². The second-order valence-corrected chi connectivity index (χ2v) is 6.94. The highest BCUT2D eigenvalue weighted by atomic mass is 16.5. The maximum Gasteiger partial charge on any atom is 0.338 e. The van der Waals surface area contributed by atoms with Gasteiger partial charge in [-0.25, -0.2) is 4.79 Å². The van der Waals surface area contributed by atoms with E-state index in [0.717, 1.165) is 28.9 Å². The van der Waals surface area contributed by atoms with E-state index in [1.807, 2.05) is 31.2 Å². The summed E-state index contributed by atoms with van der Waals surface area (Å²) in [5, 5.41) is 2.78. The minimum Gasteiger partial charge on any atom is -0.452 e. The summed E-state index contributed by atoms with van der Waals surface area (Å²) in [6.45, 7) is 1.68. The van der Waals surface area contributed by atoms with E-state index in [1.165, 1.54) is 0 Å². The van der Waals surface area contributed by atoms with Gasteiger partial charge in [0.1, 0.15) is 0 Å². The number of amides is 2. The summed E-state index contributed by atoms with van der Waals surface area (Å²) in [6, 6.07) is 12.8. The minimum absolute atomic E-state index is 0.0246. The van der Waals surface area contributed by atoms with E-state index in [4.69, 9.17) is 4.74 Å². The van der Waals surface area contributed by atoms with Gasteiger partial charge in [-0.3, -0.25) is 9.59 Å². The third-order valence-electron chi connectivity index (χ3n) is 5.04. The molecule has 2 aliphatic heterocycles. The molecule has 6 heteroatoms. The number of aryl methyl sites for hydroxylation is 1. The van der Waals surface area contributed by atoms with Crippen LogP contribution < -0.4 is 10.2 Å². The molecular weight excluding hydrogens is 344 g/mol. The van der Waals surface area contributed by atoms with Gasteiger partial charge in [-0.05, 0) is 55.2 Å². The lowest BCUT2D eigenvalue weighted by Crippen LogP contribution is -2.38. The first kappa shape index (κ1) is 17.3. The Hall–Kier alpha value is -3.15. The van der Waals surface area contributed by atoms with Gasteiger partial charge in [-0.1, -0.05) is 18.2 Å². The first-order valence-corrected chi connectivity index (χ1v) is 9.03. The molecule has 0 bridgehead atoms. The smallest absolute Gasteiger partial charge is 0.338 e. The summed E-state index contributed by atoms with van der Waals surface area (Å²) in [5.74, 6) is -0.794. The molecule has 0 aliphatic carbocycles. The first-order chi connectivity index (χ1) is 13.0. The number of anilines is 2. The number of hydrogen-bond donors (Lipinski definition) is 1. The molecular formula is C21H20N2O4. The molecule has 0 saturated carbocycles. The highest BCUT2D eigenvalue weighted by molar-refractivity contribution is 6.00. The molecule has 2 aliphatic rings. The molecule has 1 atom stereocenters. The number of para-hydroxylation sites is 1. The van der Waals surface area contributed by atoms with E-state index < -0.39 is 5.97 Å². The van der Waals surface area contributed by atoms with Crippen LogP contribution in [0.3, 0.4) is 0 Å². The number of benzene rings is 2. The molecule has 6 nitrogen and oxygen atoms in total. The quantitative estimate of drug-likeness (QED) is 0.850. The summed E-state index contributed by atoms with van der Waals surface area (Å²) < 4.78 is 5.26. The SMILES string of the molecule is CC1Cc2ccccc2N1C(=O)COC(=O)c1ccc2c(c1)CCC(=O)N2. The number of esters is 1. The molecule has 1 N–H and O–H groups in total. The second-order valence-electron chi connectivity index (χ2n) is 6.94. The predicted octanol–water partition coefficient (Wildman–Crippen LogP) is 2.71. The van der Waals surface area contributed by atoms with Gasteiger partial charge in [0.15, 0.2) is 6.61 Å². The molecule has 2 amide bonds. The monoisotopic (exact) mass is 364 g/mol. The summed E-state index contributed by atoms with van der Waals surface area (Å²) in [7, 11) is 0. The molecule has 0 fully saturated rings. The van der Waals surface area contributed by atoms with Crippen molar-refractivity contribution >= 4 is 29.2 Å². The van der Waals surface area contributed by atoms with Crippen molar-refractivity contribution in [2.45, 2.75) is 32.2 Å². The molecule has 2 aromatic carbocycles. The van der Waals surface area contributed by atoms with Crippen molar-refractivity contribution in [2.24, 2.45) is 0 Å². The van der Waals surface area contributed by atoms with Crippen molar-refractivity contribution in [1.82, 2.24) is 0 Å². The van der Waals surface area contributed by atoms with Crippen molar-refractivity contribution in [3.63, 3.8) is 0 Å². The van der Waals surface area contributed by atoms with Gasteiger partial charge in [-0.15, -0.1) is 0 Å². The summed E-state index contributed by atoms with van der Waals surface area (Å²) >= 11 is 0. The van der Waals surface area contributed by atoms with E-state index in [1.54, 1.807) is 23.1 Å². The zero-order chi connectivity index (χ0) is 19.0. The molecule has 0 radical (unpaired) electrons. The van der Waals surface area contributed by atoms with Crippen LogP contribution in [0.25, 0.3) is 0 Å². The van der Waals surface area contributed by atoms with E-state index in [2.05, 4.69) is 5.32 Å². The van der Waals surface area contributed by atoms with E-state index in [0.29, 0.717) is 18.4 Å². The third kappa shape index (κ3) is 3.30. The maximum atomic E-state index is 12.6. The topological polar surface area (TPSA) is 75.7 Å². The van der Waals surface area contributed by atoms with Crippen molar-refractivity contribution in [3.05, 3.63) is 59.2 Å². The Morgan fingerprint density at radius 2 is 1.96 bits per heavy atom. The molecule has 0 aromatic heterocycles. The van der Waals surface area contributed by atoms with Crippen LogP contribution in [0, 0.1) is 0 Å². The van der Waals surface area contributed by atoms with Crippen LogP contribution in [0.5, 0.6) is 0 Å². The summed E-state index contributed by atoms with van der Waals surface area (Å²) in [4.78, 5) is 38.1. The van der Waals surface area contributed by atoms with E-state index in [-0.39, 0.29) is 24.5 Å². The van der Waals surface area contributed by atoms with Gasteiger partial charge in [0.05, 0.1) is 5.56 Å². The van der Waals surface area contributed by atoms with Crippen LogP contribution in [-0.4, -0.2) is 30.4 Å². The van der Waals surface area contributed by atoms with Crippen molar-refractivity contribution in [1.29, 1.82) is 0 Å². The van der Waals surface area contributed by atoms with Crippen LogP contribution in [0.15, 0.2) is 42.5 Å². The average molecular weight is 364 g/mol. The number of carbonyl (C=O) groups is 3. The standard InChI is InChI=1S/C21H20N2O4/c1-13-10-15-4-2-3-5-18(15)23(13)20(25)12-27-21(26)16-6-8-17-14(11-16)7-9-19(24)22-17/h2-6,8,11,13H,7,9-10,12H2,1H3,(H,22,24). The van der Waals surface area contributed by atoms with E-state index in [9.17, 15) is 14.4 Å². The number of nitrogens with zero attached hydrogens (tertiary/aromatic N) is 1. The van der Waals surface area contributed by atoms with Gasteiger partial charge in [0, 0.05) is 23.8 Å². The van der Waals surface area contributed by atoms with Gasteiger partial charge >= 0.3 is 5.97 Å². The molecule has 4 rings (SSSR count). The fourth-order valence-corrected chi connectivity index (χ4v) is 3.74. The first-order valence-electron chi connectivity index (χ1n) is 9.03. The number of rotatable bonds is 3. The van der Waals surface area contributed by atoms with Crippen LogP contribution in [0.4, 0.5) is 11.4 Å². The Labute approximate surface area is 157 Å². The largest absolute Gasteiger partial charge is 0.452 e. The molecule has 0 spiro atoms. The lowest BCUT2D eigenvalue weighted by atomic mass is 10.0. The number of ether oxygens (including phenoxy) is 1. The normalized spacial score (nSPS) is 17.7. The van der Waals surface area contributed by atoms with Crippen molar-refractivity contribution < 1.29 is 19.1 Å². The van der Waals surface area contributed by atoms with Gasteiger partial charge < -0.3 is 15.0 Å². The molecule has 138 valence electrons. The number of fused-ring (bicyclic) bond motifs is 2. The molecule has 2 heterocycles. The fourth-order valence-electron chi connectivity index (χ4n) is 3.74. The summed E-state index contributed by atoms with van der Waals surface area (Å²) in [6.07, 6.45) is 1.78. The third-order valence-corrected chi connectivity index (χ3v) is 5.04. The van der Waals surface area contributed by atoms with Crippen LogP contribution in [-0.2, 0) is 27.2 Å². The van der Waals surface area contributed by atoms with Crippen LogP contribution in [0.1, 0.15) is 34.8 Å². The molecule has 0 saturated heterocycles. The maximum absolute atomic E-state index is 12.6. The molecule has 2 aromatic rings. The minimum atomic E-state index is -0.539. The predicted molar refractivity (Wildman–Crippen MR) is 101 cm³/mol. The second kappa shape index (κ2) is 6.87. The van der Waals surface area contributed by atoms with Crippen molar-refractivity contribution in [2.75, 3.05) is 16.8 Å². The molecule has 27 heavy (non-hydrogen) atoms. The zero-order valence-electron chi connectivity index (χ0n) is 15.0. The van der Waals surface area contributed by atoms with Gasteiger partial charge in [0.25, 0.3) is 5.91 Å². The summed E-state index contributed by atoms with van der Waals surface area (Å²) in [5.41, 5.74) is 4.02. The highest BCUT2D eigenvalue weighted by Crippen LogP contribution is 2.31. The highest BCUT2D eigenvalue weighted by Gasteiger charge is 2.31. The Morgan fingerprint density at radius 1 is 1.15 bits per heavy atom. The lowest BCUT2D eigenvalue weighted by molar-refractivity contribution is -0.122. The van der Waals surface area contributed by atoms with E-state index >= 15 is 0 Å². The number of hydrogen-bond acceptors (Lipinski definition) is 4.